The van der Waals surface area contributed by atoms with Crippen molar-refractivity contribution in [3.05, 3.63) is 74.9 Å². The third kappa shape index (κ3) is 3.68. The molecule has 3 unspecified atom stereocenters. The summed E-state index contributed by atoms with van der Waals surface area (Å²) < 4.78 is 0. The van der Waals surface area contributed by atoms with Crippen LogP contribution in [-0.4, -0.2) is 0 Å². The molecule has 0 heteroatoms. The highest BCUT2D eigenvalue weighted by molar-refractivity contribution is 5.85. The summed E-state index contributed by atoms with van der Waals surface area (Å²) in [6.45, 7) is 14.2. The molecule has 30 heavy (non-hydrogen) atoms. The molecule has 0 saturated heterocycles. The van der Waals surface area contributed by atoms with Crippen molar-refractivity contribution in [2.45, 2.75) is 92.4 Å². The lowest BCUT2D eigenvalue weighted by Gasteiger charge is -2.27. The van der Waals surface area contributed by atoms with Gasteiger partial charge in [0.15, 0.2) is 0 Å². The number of rotatable bonds is 7. The summed E-state index contributed by atoms with van der Waals surface area (Å²) in [5.74, 6) is 1.84. The molecule has 0 amide bonds. The molecular formula is C30H40. The van der Waals surface area contributed by atoms with Crippen LogP contribution in [0.25, 0.3) is 5.57 Å². The molecular weight excluding hydrogens is 360 g/mol. The van der Waals surface area contributed by atoms with Crippen LogP contribution >= 0.6 is 0 Å². The summed E-state index contributed by atoms with van der Waals surface area (Å²) in [6.07, 6.45) is 13.9. The maximum Gasteiger partial charge on any atom is 0.00383 e. The molecule has 0 N–H and O–H groups in total. The molecule has 3 aliphatic rings. The van der Waals surface area contributed by atoms with E-state index in [2.05, 4.69) is 71.9 Å². The number of fused-ring (bicyclic) bond motifs is 2. The SMILES string of the molecule is CCCCCCc1ccc2c(c1)C(C)C1=C2C=CCC1CC1=C(C)C(C)=C(C)C1C. The van der Waals surface area contributed by atoms with Crippen molar-refractivity contribution in [3.8, 4) is 0 Å². The largest absolute Gasteiger partial charge is 0.0833 e. The van der Waals surface area contributed by atoms with Gasteiger partial charge >= 0.3 is 0 Å². The molecule has 0 saturated carbocycles. The molecule has 3 aliphatic carbocycles. The standard InChI is InChI=1S/C30H40/c1-7-8-9-10-12-24-15-16-26-27-14-11-13-25(30(27)23(6)29(26)17-24)18-28-21(4)19(2)20(3)22(28)5/h11,14-17,21,23,25H,7-10,12-13,18H2,1-6H3. The number of hydrogen-bond donors (Lipinski definition) is 0. The van der Waals surface area contributed by atoms with Crippen molar-refractivity contribution in [2.75, 3.05) is 0 Å². The van der Waals surface area contributed by atoms with Gasteiger partial charge in [0.1, 0.15) is 0 Å². The zero-order chi connectivity index (χ0) is 21.4. The van der Waals surface area contributed by atoms with Crippen LogP contribution in [0.1, 0.15) is 103 Å². The first-order valence-electron chi connectivity index (χ1n) is 12.3. The van der Waals surface area contributed by atoms with E-state index in [0.29, 0.717) is 17.8 Å². The van der Waals surface area contributed by atoms with Gasteiger partial charge < -0.3 is 0 Å². The molecule has 0 nitrogen and oxygen atoms in total. The fraction of sp³-hybridized carbons (Fsp3) is 0.533. The van der Waals surface area contributed by atoms with Gasteiger partial charge in [0.2, 0.25) is 0 Å². The highest BCUT2D eigenvalue weighted by atomic mass is 14.4. The fourth-order valence-electron chi connectivity index (χ4n) is 6.16. The third-order valence-corrected chi connectivity index (χ3v) is 8.39. The van der Waals surface area contributed by atoms with Gasteiger partial charge in [0.05, 0.1) is 0 Å². The Balaban J connectivity index is 1.56. The molecule has 0 heterocycles. The van der Waals surface area contributed by atoms with E-state index in [4.69, 9.17) is 0 Å². The Morgan fingerprint density at radius 2 is 1.73 bits per heavy atom. The first-order chi connectivity index (χ1) is 14.4. The first kappa shape index (κ1) is 21.4. The van der Waals surface area contributed by atoms with E-state index < -0.39 is 0 Å². The maximum atomic E-state index is 2.54. The van der Waals surface area contributed by atoms with Crippen LogP contribution in [0, 0.1) is 11.8 Å². The van der Waals surface area contributed by atoms with Crippen molar-refractivity contribution in [3.63, 3.8) is 0 Å². The first-order valence-corrected chi connectivity index (χ1v) is 12.3. The zero-order valence-electron chi connectivity index (χ0n) is 20.1. The summed E-state index contributed by atoms with van der Waals surface area (Å²) in [7, 11) is 0. The Morgan fingerprint density at radius 3 is 2.43 bits per heavy atom. The van der Waals surface area contributed by atoms with Gasteiger partial charge in [0.25, 0.3) is 0 Å². The number of unbranched alkanes of at least 4 members (excludes halogenated alkanes) is 3. The average molecular weight is 401 g/mol. The lowest BCUT2D eigenvalue weighted by Crippen LogP contribution is -2.13. The zero-order valence-corrected chi connectivity index (χ0v) is 20.1. The molecule has 0 aliphatic heterocycles. The fourth-order valence-corrected chi connectivity index (χ4v) is 6.16. The number of hydrogen-bond acceptors (Lipinski definition) is 0. The third-order valence-electron chi connectivity index (χ3n) is 8.39. The van der Waals surface area contributed by atoms with Crippen LogP contribution in [0.2, 0.25) is 0 Å². The number of benzene rings is 1. The molecule has 0 fully saturated rings. The quantitative estimate of drug-likeness (QED) is 0.401. The van der Waals surface area contributed by atoms with Gasteiger partial charge in [-0.2, -0.15) is 0 Å². The van der Waals surface area contributed by atoms with Crippen LogP contribution in [-0.2, 0) is 6.42 Å². The van der Waals surface area contributed by atoms with Gasteiger partial charge in [0, 0.05) is 5.92 Å². The van der Waals surface area contributed by atoms with Crippen LogP contribution in [0.3, 0.4) is 0 Å². The molecule has 0 radical (unpaired) electrons. The summed E-state index contributed by atoms with van der Waals surface area (Å²) >= 11 is 0. The van der Waals surface area contributed by atoms with E-state index in [1.54, 1.807) is 27.9 Å². The van der Waals surface area contributed by atoms with E-state index in [9.17, 15) is 0 Å². The van der Waals surface area contributed by atoms with E-state index in [-0.39, 0.29) is 0 Å². The molecule has 0 bridgehead atoms. The van der Waals surface area contributed by atoms with Crippen molar-refractivity contribution >= 4 is 5.57 Å². The Hall–Kier alpha value is -1.82. The topological polar surface area (TPSA) is 0 Å². The molecule has 4 rings (SSSR count). The molecule has 160 valence electrons. The van der Waals surface area contributed by atoms with E-state index in [1.807, 2.05) is 0 Å². The van der Waals surface area contributed by atoms with Crippen LogP contribution < -0.4 is 0 Å². The summed E-state index contributed by atoms with van der Waals surface area (Å²) in [5, 5.41) is 0. The maximum absolute atomic E-state index is 2.54. The van der Waals surface area contributed by atoms with Gasteiger partial charge in [-0.25, -0.2) is 0 Å². The van der Waals surface area contributed by atoms with Gasteiger partial charge in [-0.05, 0) is 91.7 Å². The smallest absolute Gasteiger partial charge is 0.00383 e. The summed E-state index contributed by atoms with van der Waals surface area (Å²) in [5.41, 5.74) is 14.3. The van der Waals surface area contributed by atoms with Crippen molar-refractivity contribution < 1.29 is 0 Å². The molecule has 1 aromatic carbocycles. The number of allylic oxidation sites excluding steroid dienone is 8. The molecule has 0 spiro atoms. The number of aryl methyl sites for hydroxylation is 1. The predicted molar refractivity (Wildman–Crippen MR) is 132 cm³/mol. The normalized spacial score (nSPS) is 25.5. The van der Waals surface area contributed by atoms with Gasteiger partial charge in [-0.1, -0.05) is 87.1 Å². The highest BCUT2D eigenvalue weighted by Gasteiger charge is 2.35. The Kier molecular flexibility index (Phi) is 6.24. The second-order valence-corrected chi connectivity index (χ2v) is 10.0. The van der Waals surface area contributed by atoms with Gasteiger partial charge in [-0.15, -0.1) is 0 Å². The minimum absolute atomic E-state index is 0.563. The van der Waals surface area contributed by atoms with Crippen LogP contribution in [0.15, 0.2) is 58.2 Å². The lowest BCUT2D eigenvalue weighted by molar-refractivity contribution is 0.551. The minimum atomic E-state index is 0.563. The van der Waals surface area contributed by atoms with E-state index in [1.165, 1.54) is 67.2 Å². The van der Waals surface area contributed by atoms with Crippen molar-refractivity contribution in [1.29, 1.82) is 0 Å². The Labute approximate surface area is 184 Å². The van der Waals surface area contributed by atoms with E-state index >= 15 is 0 Å². The average Bonchev–Trinajstić information content (AvgIpc) is 3.14. The predicted octanol–water partition coefficient (Wildman–Crippen LogP) is 8.95. The second-order valence-electron chi connectivity index (χ2n) is 10.0. The Morgan fingerprint density at radius 1 is 0.933 bits per heavy atom. The Bertz CT molecular complexity index is 946. The molecule has 1 aromatic rings. The van der Waals surface area contributed by atoms with Crippen LogP contribution in [0.5, 0.6) is 0 Å². The second kappa shape index (κ2) is 8.74. The lowest BCUT2D eigenvalue weighted by atomic mass is 9.77. The monoisotopic (exact) mass is 400 g/mol. The highest BCUT2D eigenvalue weighted by Crippen LogP contribution is 2.51. The summed E-state index contributed by atoms with van der Waals surface area (Å²) in [6, 6.07) is 7.36. The molecule has 3 atom stereocenters. The van der Waals surface area contributed by atoms with Crippen LogP contribution in [0.4, 0.5) is 0 Å². The molecule has 0 aromatic heterocycles. The minimum Gasteiger partial charge on any atom is -0.0833 e. The van der Waals surface area contributed by atoms with E-state index in [0.717, 1.165) is 0 Å². The summed E-state index contributed by atoms with van der Waals surface area (Å²) in [4.78, 5) is 0. The van der Waals surface area contributed by atoms with Crippen molar-refractivity contribution in [2.24, 2.45) is 11.8 Å². The van der Waals surface area contributed by atoms with Crippen molar-refractivity contribution in [1.82, 2.24) is 0 Å². The van der Waals surface area contributed by atoms with Gasteiger partial charge in [-0.3, -0.25) is 0 Å².